The Morgan fingerprint density at radius 2 is 2.20 bits per heavy atom. The molecule has 7 heteroatoms. The van der Waals surface area contributed by atoms with Crippen LogP contribution in [0.3, 0.4) is 0 Å². The van der Waals surface area contributed by atoms with Crippen molar-refractivity contribution in [3.05, 3.63) is 29.6 Å². The third kappa shape index (κ3) is 2.14. The lowest BCUT2D eigenvalue weighted by Crippen LogP contribution is -2.71. The van der Waals surface area contributed by atoms with Crippen molar-refractivity contribution in [2.24, 2.45) is 5.41 Å². The number of anilines is 1. The van der Waals surface area contributed by atoms with Crippen molar-refractivity contribution < 1.29 is 14.0 Å². The van der Waals surface area contributed by atoms with Crippen LogP contribution in [0.5, 0.6) is 0 Å². The summed E-state index contributed by atoms with van der Waals surface area (Å²) in [4.78, 5) is 29.9. The van der Waals surface area contributed by atoms with Crippen LogP contribution in [0.1, 0.15) is 31.7 Å². The van der Waals surface area contributed by atoms with Gasteiger partial charge < -0.3 is 10.2 Å². The second-order valence-electron chi connectivity index (χ2n) is 6.95. The highest BCUT2D eigenvalue weighted by molar-refractivity contribution is 7.80. The van der Waals surface area contributed by atoms with Crippen LogP contribution in [0.4, 0.5) is 10.1 Å². The monoisotopic (exact) mass is 361 g/mol. The summed E-state index contributed by atoms with van der Waals surface area (Å²) in [7, 11) is 0. The van der Waals surface area contributed by atoms with Gasteiger partial charge in [0, 0.05) is 30.8 Å². The number of fused-ring (bicyclic) bond motifs is 4. The van der Waals surface area contributed by atoms with E-state index < -0.39 is 5.41 Å². The molecule has 2 fully saturated rings. The fourth-order valence-corrected chi connectivity index (χ4v) is 4.81. The van der Waals surface area contributed by atoms with Gasteiger partial charge in [0.25, 0.3) is 0 Å². The van der Waals surface area contributed by atoms with Crippen LogP contribution in [0.15, 0.2) is 18.2 Å². The molecule has 0 saturated carbocycles. The Kier molecular flexibility index (Phi) is 3.79. The van der Waals surface area contributed by atoms with Crippen molar-refractivity contribution in [2.75, 3.05) is 18.0 Å². The molecule has 0 aromatic heterocycles. The van der Waals surface area contributed by atoms with E-state index >= 15 is 0 Å². The van der Waals surface area contributed by atoms with Gasteiger partial charge in [0.15, 0.2) is 10.5 Å². The summed E-state index contributed by atoms with van der Waals surface area (Å²) < 4.78 is 14.5. The molecule has 1 aromatic carbocycles. The van der Waals surface area contributed by atoms with Gasteiger partial charge >= 0.3 is 0 Å². The summed E-state index contributed by atoms with van der Waals surface area (Å²) in [6, 6.07) is 4.70. The molecule has 2 saturated heterocycles. The molecule has 1 N–H and O–H groups in total. The molecule has 0 unspecified atom stereocenters. The van der Waals surface area contributed by atoms with Gasteiger partial charge in [-0.15, -0.1) is 0 Å². The topological polar surface area (TPSA) is 52.7 Å². The van der Waals surface area contributed by atoms with Crippen molar-refractivity contribution in [2.45, 2.75) is 38.6 Å². The predicted octanol–water partition coefficient (Wildman–Crippen LogP) is 1.99. The number of nitrogens with zero attached hydrogens (tertiary/aromatic N) is 2. The van der Waals surface area contributed by atoms with Crippen molar-refractivity contribution in [1.82, 2.24) is 10.2 Å². The van der Waals surface area contributed by atoms with Crippen molar-refractivity contribution in [3.63, 3.8) is 0 Å². The fourth-order valence-electron chi connectivity index (χ4n) is 4.54. The molecule has 0 aliphatic carbocycles. The van der Waals surface area contributed by atoms with Gasteiger partial charge in [-0.05, 0) is 43.6 Å². The van der Waals surface area contributed by atoms with Crippen molar-refractivity contribution >= 4 is 34.8 Å². The largest absolute Gasteiger partial charge is 0.367 e. The van der Waals surface area contributed by atoms with Crippen LogP contribution in [-0.4, -0.2) is 41.0 Å². The Bertz CT molecular complexity index is 784. The van der Waals surface area contributed by atoms with E-state index in [1.54, 1.807) is 6.07 Å². The van der Waals surface area contributed by atoms with E-state index in [9.17, 15) is 14.0 Å². The zero-order valence-corrected chi connectivity index (χ0v) is 14.9. The van der Waals surface area contributed by atoms with E-state index in [2.05, 4.69) is 5.32 Å². The highest BCUT2D eigenvalue weighted by Crippen LogP contribution is 2.48. The van der Waals surface area contributed by atoms with Crippen molar-refractivity contribution in [1.29, 1.82) is 0 Å². The molecule has 3 aliphatic heterocycles. The quantitative estimate of drug-likeness (QED) is 0.647. The Morgan fingerprint density at radius 1 is 1.40 bits per heavy atom. The van der Waals surface area contributed by atoms with Gasteiger partial charge in [0.1, 0.15) is 5.82 Å². The van der Waals surface area contributed by atoms with Crippen LogP contribution >= 0.6 is 12.2 Å². The second kappa shape index (κ2) is 5.76. The molecular formula is C18H20FN3O2S. The number of amides is 2. The molecule has 5 nitrogen and oxygen atoms in total. The molecular weight excluding hydrogens is 341 g/mol. The lowest BCUT2D eigenvalue weighted by molar-refractivity contribution is -0.152. The molecule has 1 aromatic rings. The predicted molar refractivity (Wildman–Crippen MR) is 95.6 cm³/mol. The molecule has 2 atom stereocenters. The Morgan fingerprint density at radius 3 is 2.96 bits per heavy atom. The van der Waals surface area contributed by atoms with Gasteiger partial charge in [0.05, 0.1) is 6.04 Å². The summed E-state index contributed by atoms with van der Waals surface area (Å²) in [5.74, 6) is -1.03. The summed E-state index contributed by atoms with van der Waals surface area (Å²) >= 11 is 5.21. The number of benzene rings is 1. The van der Waals surface area contributed by atoms with Gasteiger partial charge in [-0.3, -0.25) is 14.5 Å². The van der Waals surface area contributed by atoms with Gasteiger partial charge in [-0.25, -0.2) is 4.39 Å². The van der Waals surface area contributed by atoms with E-state index in [0.717, 1.165) is 31.5 Å². The molecule has 25 heavy (non-hydrogen) atoms. The van der Waals surface area contributed by atoms with Crippen LogP contribution in [0.2, 0.25) is 0 Å². The average Bonchev–Trinajstić information content (AvgIpc) is 3.08. The maximum absolute atomic E-state index is 14.5. The maximum atomic E-state index is 14.5. The Balaban J connectivity index is 1.88. The number of hydrogen-bond donors (Lipinski definition) is 1. The Hall–Kier alpha value is -2.02. The Labute approximate surface area is 151 Å². The highest BCUT2D eigenvalue weighted by atomic mass is 32.1. The first-order chi connectivity index (χ1) is 12.0. The number of hydrogen-bond acceptors (Lipinski definition) is 4. The minimum absolute atomic E-state index is 0.0870. The summed E-state index contributed by atoms with van der Waals surface area (Å²) in [5.41, 5.74) is -0.0410. The van der Waals surface area contributed by atoms with Crippen LogP contribution in [-0.2, 0) is 16.0 Å². The smallest absolute Gasteiger partial charge is 0.246 e. The first-order valence-electron chi connectivity index (χ1n) is 8.72. The third-order valence-corrected chi connectivity index (χ3v) is 5.95. The SMILES string of the molecule is CCCN1C(=O)[C@@]2(Cc3c(F)cccc3N3CCC[C@H]32)C(=O)NC1=S. The van der Waals surface area contributed by atoms with Gasteiger partial charge in [-0.2, -0.15) is 0 Å². The number of carbonyl (C=O) groups is 2. The fraction of sp³-hybridized carbons (Fsp3) is 0.500. The number of halogens is 1. The number of carbonyl (C=O) groups excluding carboxylic acids is 2. The standard InChI is InChI=1S/C18H20FN3O2S/c1-2-8-22-16(24)18(15(23)20-17(22)25)10-11-12(19)5-3-6-13(11)21-9-4-7-14(18)21/h3,5-6,14H,2,4,7-10H2,1H3,(H,20,23,25)/t14-,18+/m0/s1. The van der Waals surface area contributed by atoms with Crippen LogP contribution in [0.25, 0.3) is 0 Å². The molecule has 3 aliphatic rings. The highest BCUT2D eigenvalue weighted by Gasteiger charge is 2.62. The molecule has 2 amide bonds. The summed E-state index contributed by atoms with van der Waals surface area (Å²) in [6.45, 7) is 3.13. The van der Waals surface area contributed by atoms with E-state index in [4.69, 9.17) is 12.2 Å². The zero-order chi connectivity index (χ0) is 17.8. The van der Waals surface area contributed by atoms with Crippen LogP contribution in [0, 0.1) is 11.2 Å². The zero-order valence-electron chi connectivity index (χ0n) is 14.0. The lowest BCUT2D eigenvalue weighted by Gasteiger charge is -2.50. The number of nitrogens with one attached hydrogen (secondary N) is 1. The lowest BCUT2D eigenvalue weighted by atomic mass is 9.68. The van der Waals surface area contributed by atoms with Gasteiger partial charge in [0.2, 0.25) is 11.8 Å². The van der Waals surface area contributed by atoms with E-state index in [-0.39, 0.29) is 35.2 Å². The summed E-state index contributed by atoms with van der Waals surface area (Å²) in [6.07, 6.45) is 2.43. The van der Waals surface area contributed by atoms with E-state index in [1.807, 2.05) is 17.9 Å². The third-order valence-electron chi connectivity index (χ3n) is 5.63. The minimum Gasteiger partial charge on any atom is -0.367 e. The molecule has 3 heterocycles. The molecule has 1 spiro atoms. The summed E-state index contributed by atoms with van der Waals surface area (Å²) in [5, 5.41) is 2.88. The normalized spacial score (nSPS) is 28.2. The molecule has 0 radical (unpaired) electrons. The number of rotatable bonds is 2. The molecule has 4 rings (SSSR count). The number of thiocarbonyl (C=S) groups is 1. The van der Waals surface area contributed by atoms with Crippen LogP contribution < -0.4 is 10.2 Å². The average molecular weight is 361 g/mol. The first kappa shape index (κ1) is 16.4. The van der Waals surface area contributed by atoms with E-state index in [0.29, 0.717) is 12.1 Å². The molecule has 0 bridgehead atoms. The van der Waals surface area contributed by atoms with Crippen molar-refractivity contribution in [3.8, 4) is 0 Å². The molecule has 132 valence electrons. The second-order valence-corrected chi connectivity index (χ2v) is 7.34. The van der Waals surface area contributed by atoms with Gasteiger partial charge in [-0.1, -0.05) is 13.0 Å². The first-order valence-corrected chi connectivity index (χ1v) is 9.13. The minimum atomic E-state index is -1.30. The maximum Gasteiger partial charge on any atom is 0.246 e. The van der Waals surface area contributed by atoms with E-state index in [1.165, 1.54) is 11.0 Å².